The lowest BCUT2D eigenvalue weighted by Gasteiger charge is -2.37. The molecular formula is C23H21ClN3OP. The topological polar surface area (TPSA) is 47.3 Å². The normalized spacial score (nSPS) is 16.4. The van der Waals surface area contributed by atoms with Gasteiger partial charge in [0.1, 0.15) is 0 Å². The molecule has 0 N–H and O–H groups in total. The highest BCUT2D eigenvalue weighted by atomic mass is 35.5. The van der Waals surface area contributed by atoms with Crippen molar-refractivity contribution in [2.45, 2.75) is 12.1 Å². The quantitative estimate of drug-likeness (QED) is 0.440. The second-order valence-corrected chi connectivity index (χ2v) is 10.1. The van der Waals surface area contributed by atoms with Gasteiger partial charge in [-0.3, -0.25) is 4.57 Å². The maximum absolute atomic E-state index is 14.9. The van der Waals surface area contributed by atoms with Crippen LogP contribution in [-0.2, 0) is 4.57 Å². The number of benzene rings is 3. The van der Waals surface area contributed by atoms with Gasteiger partial charge in [0.05, 0.1) is 18.1 Å². The monoisotopic (exact) mass is 421 g/mol. The summed E-state index contributed by atoms with van der Waals surface area (Å²) in [6.45, 7) is 1.26. The van der Waals surface area contributed by atoms with Crippen molar-refractivity contribution in [1.82, 2.24) is 0 Å². The number of nitriles is 1. The first-order valence-corrected chi connectivity index (χ1v) is 11.6. The van der Waals surface area contributed by atoms with Gasteiger partial charge in [-0.05, 0) is 42.0 Å². The fourth-order valence-electron chi connectivity index (χ4n) is 3.93. The number of rotatable bonds is 5. The highest BCUT2D eigenvalue weighted by Gasteiger charge is 2.49. The lowest BCUT2D eigenvalue weighted by molar-refractivity contribution is 0.565. The summed E-state index contributed by atoms with van der Waals surface area (Å²) in [6.07, 6.45) is 0.158. The Kier molecular flexibility index (Phi) is 5.62. The molecule has 1 atom stereocenters. The number of halogens is 1. The highest BCUT2D eigenvalue weighted by Crippen LogP contribution is 2.69. The molecule has 1 aliphatic rings. The highest BCUT2D eigenvalue weighted by molar-refractivity contribution is 7.68. The molecule has 4 nitrogen and oxygen atoms in total. The maximum Gasteiger partial charge on any atom is 0.271 e. The number of hydrogen-bond acceptors (Lipinski definition) is 2. The molecule has 1 unspecified atom stereocenters. The van der Waals surface area contributed by atoms with Crippen LogP contribution in [0, 0.1) is 11.3 Å². The predicted octanol–water partition coefficient (Wildman–Crippen LogP) is 6.51. The summed E-state index contributed by atoms with van der Waals surface area (Å²) in [4.78, 5) is 0. The summed E-state index contributed by atoms with van der Waals surface area (Å²) in [5, 5.41) is 10.2. The smallest absolute Gasteiger partial charge is 0.271 e. The van der Waals surface area contributed by atoms with Gasteiger partial charge in [-0.1, -0.05) is 60.1 Å². The van der Waals surface area contributed by atoms with Crippen LogP contribution in [0.25, 0.3) is 0 Å². The first-order valence-electron chi connectivity index (χ1n) is 9.53. The molecule has 0 bridgehead atoms. The van der Waals surface area contributed by atoms with Crippen LogP contribution in [0.4, 0.5) is 11.4 Å². The molecule has 1 fully saturated rings. The number of para-hydroxylation sites is 2. The first kappa shape index (κ1) is 19.6. The van der Waals surface area contributed by atoms with Crippen molar-refractivity contribution in [1.29, 1.82) is 5.26 Å². The largest absolute Gasteiger partial charge is 0.304 e. The lowest BCUT2D eigenvalue weighted by atomic mass is 10.1. The molecule has 0 aliphatic carbocycles. The minimum atomic E-state index is -3.20. The standard InChI is InChI=1S/C23H21ClN3OP/c24-20-13-11-19(12-14-20)23(15-16-25)29(28)26(21-7-3-1-4-8-21)17-18-27(29)22-9-5-2-6-10-22/h1-14,23H,15,17-18H2. The fourth-order valence-corrected chi connectivity index (χ4v) is 7.55. The van der Waals surface area contributed by atoms with Crippen LogP contribution in [0.3, 0.4) is 0 Å². The van der Waals surface area contributed by atoms with E-state index < -0.39 is 13.1 Å². The molecule has 3 aromatic rings. The van der Waals surface area contributed by atoms with Crippen molar-refractivity contribution >= 4 is 30.4 Å². The van der Waals surface area contributed by atoms with Crippen molar-refractivity contribution in [2.75, 3.05) is 22.4 Å². The summed E-state index contributed by atoms with van der Waals surface area (Å²) in [5.41, 5.74) is 2.23. The zero-order valence-corrected chi connectivity index (χ0v) is 17.5. The Morgan fingerprint density at radius 3 is 1.79 bits per heavy atom. The van der Waals surface area contributed by atoms with Gasteiger partial charge < -0.3 is 9.34 Å². The van der Waals surface area contributed by atoms with Gasteiger partial charge >= 0.3 is 0 Å². The van der Waals surface area contributed by atoms with Crippen LogP contribution in [-0.4, -0.2) is 13.1 Å². The van der Waals surface area contributed by atoms with Crippen LogP contribution in [0.2, 0.25) is 5.02 Å². The summed E-state index contributed by atoms with van der Waals surface area (Å²) < 4.78 is 18.9. The van der Waals surface area contributed by atoms with E-state index in [1.807, 2.05) is 82.1 Å². The van der Waals surface area contributed by atoms with Crippen LogP contribution in [0.1, 0.15) is 17.6 Å². The molecule has 0 radical (unpaired) electrons. The Balaban J connectivity index is 1.88. The zero-order chi connectivity index (χ0) is 20.3. The van der Waals surface area contributed by atoms with Gasteiger partial charge in [0.25, 0.3) is 7.44 Å². The predicted molar refractivity (Wildman–Crippen MR) is 120 cm³/mol. The molecular weight excluding hydrogens is 401 g/mol. The fraction of sp³-hybridized carbons (Fsp3) is 0.174. The van der Waals surface area contributed by atoms with E-state index in [9.17, 15) is 9.83 Å². The SMILES string of the molecule is N#CCC(c1ccc(Cl)cc1)P1(=O)N(c2ccccc2)CCN1c1ccccc1. The van der Waals surface area contributed by atoms with E-state index in [2.05, 4.69) is 6.07 Å². The van der Waals surface area contributed by atoms with Gasteiger partial charge in [-0.25, -0.2) is 0 Å². The zero-order valence-electron chi connectivity index (χ0n) is 15.9. The molecule has 1 aliphatic heterocycles. The van der Waals surface area contributed by atoms with Gasteiger partial charge in [0, 0.05) is 29.5 Å². The van der Waals surface area contributed by atoms with Gasteiger partial charge in [-0.15, -0.1) is 0 Å². The molecule has 0 spiro atoms. The van der Waals surface area contributed by atoms with E-state index in [1.54, 1.807) is 12.1 Å². The Bertz CT molecular complexity index is 999. The van der Waals surface area contributed by atoms with Crippen molar-refractivity contribution in [2.24, 2.45) is 0 Å². The van der Waals surface area contributed by atoms with E-state index in [0.29, 0.717) is 18.1 Å². The molecule has 3 aromatic carbocycles. The third-order valence-electron chi connectivity index (χ3n) is 5.27. The molecule has 29 heavy (non-hydrogen) atoms. The number of hydrogen-bond donors (Lipinski definition) is 0. The van der Waals surface area contributed by atoms with Gasteiger partial charge in [0.15, 0.2) is 0 Å². The average molecular weight is 422 g/mol. The number of anilines is 2. The maximum atomic E-state index is 14.9. The average Bonchev–Trinajstić information content (AvgIpc) is 3.12. The minimum Gasteiger partial charge on any atom is -0.304 e. The van der Waals surface area contributed by atoms with Crippen LogP contribution in [0.15, 0.2) is 84.9 Å². The molecule has 4 rings (SSSR count). The van der Waals surface area contributed by atoms with Crippen molar-refractivity contribution < 1.29 is 4.57 Å². The summed E-state index contributed by atoms with van der Waals surface area (Å²) in [5.74, 6) is 0. The van der Waals surface area contributed by atoms with E-state index >= 15 is 0 Å². The third-order valence-corrected chi connectivity index (χ3v) is 9.06. The van der Waals surface area contributed by atoms with E-state index in [-0.39, 0.29) is 6.42 Å². The molecule has 0 aromatic heterocycles. The van der Waals surface area contributed by atoms with Gasteiger partial charge in [0.2, 0.25) is 0 Å². The molecule has 6 heteroatoms. The molecule has 0 saturated carbocycles. The van der Waals surface area contributed by atoms with E-state index in [1.165, 1.54) is 0 Å². The van der Waals surface area contributed by atoms with Crippen molar-refractivity contribution in [3.63, 3.8) is 0 Å². The lowest BCUT2D eigenvalue weighted by Crippen LogP contribution is -2.24. The second kappa shape index (κ2) is 8.33. The minimum absolute atomic E-state index is 0.158. The van der Waals surface area contributed by atoms with E-state index in [0.717, 1.165) is 16.9 Å². The summed E-state index contributed by atoms with van der Waals surface area (Å²) in [7, 11) is -3.20. The Morgan fingerprint density at radius 1 is 0.862 bits per heavy atom. The molecule has 0 amide bonds. The Labute approximate surface area is 176 Å². The molecule has 146 valence electrons. The third kappa shape index (κ3) is 3.65. The Morgan fingerprint density at radius 2 is 1.34 bits per heavy atom. The molecule has 1 heterocycles. The second-order valence-electron chi connectivity index (χ2n) is 6.94. The van der Waals surface area contributed by atoms with Crippen LogP contribution in [0.5, 0.6) is 0 Å². The van der Waals surface area contributed by atoms with Gasteiger partial charge in [-0.2, -0.15) is 5.26 Å². The number of nitrogens with zero attached hydrogens (tertiary/aromatic N) is 3. The molecule has 1 saturated heterocycles. The van der Waals surface area contributed by atoms with E-state index in [4.69, 9.17) is 11.6 Å². The Hall–Kier alpha value is -2.73. The summed E-state index contributed by atoms with van der Waals surface area (Å²) >= 11 is 6.08. The van der Waals surface area contributed by atoms with Crippen LogP contribution < -0.4 is 9.34 Å². The van der Waals surface area contributed by atoms with Crippen molar-refractivity contribution in [3.05, 3.63) is 95.5 Å². The van der Waals surface area contributed by atoms with Crippen molar-refractivity contribution in [3.8, 4) is 6.07 Å². The first-order chi connectivity index (χ1) is 14.1. The summed E-state index contributed by atoms with van der Waals surface area (Å²) in [6, 6.07) is 29.2. The van der Waals surface area contributed by atoms with Crippen LogP contribution >= 0.6 is 19.0 Å².